The van der Waals surface area contributed by atoms with Crippen LogP contribution in [0.4, 0.5) is 14.5 Å². The molecule has 0 aliphatic heterocycles. The van der Waals surface area contributed by atoms with Crippen molar-refractivity contribution in [3.8, 4) is 0 Å². The van der Waals surface area contributed by atoms with Crippen LogP contribution in [-0.4, -0.2) is 13.6 Å². The number of benzene rings is 2. The van der Waals surface area contributed by atoms with Crippen LogP contribution in [0, 0.1) is 11.6 Å². The van der Waals surface area contributed by atoms with Gasteiger partial charge in [-0.3, -0.25) is 0 Å². The second kappa shape index (κ2) is 6.48. The predicted octanol–water partition coefficient (Wildman–Crippen LogP) is 3.10. The number of hydrogen-bond acceptors (Lipinski definition) is 2. The molecule has 106 valence electrons. The van der Waals surface area contributed by atoms with E-state index in [4.69, 9.17) is 5.73 Å². The Kier molecular flexibility index (Phi) is 4.69. The Morgan fingerprint density at radius 2 is 1.80 bits per heavy atom. The molecular weight excluding hydrogens is 258 g/mol. The second-order valence-electron chi connectivity index (χ2n) is 4.77. The van der Waals surface area contributed by atoms with Crippen LogP contribution in [-0.2, 0) is 13.0 Å². The van der Waals surface area contributed by atoms with Crippen LogP contribution in [0.1, 0.15) is 11.1 Å². The minimum absolute atomic E-state index is 0.278. The fourth-order valence-corrected chi connectivity index (χ4v) is 2.15. The molecule has 0 saturated carbocycles. The Morgan fingerprint density at radius 1 is 1.05 bits per heavy atom. The summed E-state index contributed by atoms with van der Waals surface area (Å²) in [6.45, 7) is 0.809. The predicted molar refractivity (Wildman–Crippen MR) is 77.7 cm³/mol. The summed E-state index contributed by atoms with van der Waals surface area (Å²) < 4.78 is 27.6. The summed E-state index contributed by atoms with van der Waals surface area (Å²) in [5.41, 5.74) is 7.32. The maximum atomic E-state index is 14.1. The van der Waals surface area contributed by atoms with Crippen LogP contribution in [0.25, 0.3) is 0 Å². The first-order valence-corrected chi connectivity index (χ1v) is 6.55. The van der Waals surface area contributed by atoms with E-state index in [1.165, 1.54) is 12.1 Å². The second-order valence-corrected chi connectivity index (χ2v) is 4.77. The minimum atomic E-state index is -0.310. The first-order chi connectivity index (χ1) is 9.61. The zero-order valence-corrected chi connectivity index (χ0v) is 11.4. The van der Waals surface area contributed by atoms with E-state index in [1.807, 2.05) is 6.07 Å². The number of anilines is 1. The van der Waals surface area contributed by atoms with Gasteiger partial charge in [-0.1, -0.05) is 24.3 Å². The zero-order valence-electron chi connectivity index (χ0n) is 11.4. The lowest BCUT2D eigenvalue weighted by molar-refractivity contribution is 0.600. The molecule has 0 aliphatic carbocycles. The summed E-state index contributed by atoms with van der Waals surface area (Å²) >= 11 is 0. The third-order valence-corrected chi connectivity index (χ3v) is 3.22. The van der Waals surface area contributed by atoms with Gasteiger partial charge >= 0.3 is 0 Å². The standard InChI is InChI=1S/C16H18F2N2/c1-20(11-13-4-2-3-5-14(13)17)16-7-6-12(8-9-19)10-15(16)18/h2-7,10H,8-9,11,19H2,1H3. The van der Waals surface area contributed by atoms with Crippen LogP contribution < -0.4 is 10.6 Å². The minimum Gasteiger partial charge on any atom is -0.368 e. The maximum absolute atomic E-state index is 14.1. The number of halogens is 2. The summed E-state index contributed by atoms with van der Waals surface area (Å²) in [5, 5.41) is 0. The number of nitrogens with two attached hydrogens (primary N) is 1. The van der Waals surface area contributed by atoms with Crippen molar-refractivity contribution in [3.63, 3.8) is 0 Å². The van der Waals surface area contributed by atoms with E-state index in [0.29, 0.717) is 30.8 Å². The SMILES string of the molecule is CN(Cc1ccccc1F)c1ccc(CCN)cc1F. The van der Waals surface area contributed by atoms with E-state index in [9.17, 15) is 8.78 Å². The van der Waals surface area contributed by atoms with E-state index in [1.54, 1.807) is 36.2 Å². The zero-order chi connectivity index (χ0) is 14.5. The first kappa shape index (κ1) is 14.5. The van der Waals surface area contributed by atoms with Gasteiger partial charge in [-0.05, 0) is 36.7 Å². The highest BCUT2D eigenvalue weighted by Crippen LogP contribution is 2.22. The molecule has 0 radical (unpaired) electrons. The largest absolute Gasteiger partial charge is 0.368 e. The quantitative estimate of drug-likeness (QED) is 0.909. The van der Waals surface area contributed by atoms with Gasteiger partial charge in [0.15, 0.2) is 0 Å². The Balaban J connectivity index is 2.17. The van der Waals surface area contributed by atoms with Crippen molar-refractivity contribution < 1.29 is 8.78 Å². The molecule has 0 aromatic heterocycles. The smallest absolute Gasteiger partial charge is 0.146 e. The highest BCUT2D eigenvalue weighted by atomic mass is 19.1. The third-order valence-electron chi connectivity index (χ3n) is 3.22. The van der Waals surface area contributed by atoms with E-state index in [-0.39, 0.29) is 11.6 Å². The monoisotopic (exact) mass is 276 g/mol. The average Bonchev–Trinajstić information content (AvgIpc) is 2.42. The van der Waals surface area contributed by atoms with Gasteiger partial charge in [0, 0.05) is 19.2 Å². The first-order valence-electron chi connectivity index (χ1n) is 6.55. The molecule has 0 bridgehead atoms. The average molecular weight is 276 g/mol. The molecule has 2 rings (SSSR count). The van der Waals surface area contributed by atoms with Gasteiger partial charge in [0.05, 0.1) is 5.69 Å². The summed E-state index contributed by atoms with van der Waals surface area (Å²) in [6.07, 6.45) is 0.647. The Labute approximate surface area is 117 Å². The van der Waals surface area contributed by atoms with Crippen molar-refractivity contribution >= 4 is 5.69 Å². The number of hydrogen-bond donors (Lipinski definition) is 1. The lowest BCUT2D eigenvalue weighted by Crippen LogP contribution is -2.18. The van der Waals surface area contributed by atoms with Crippen LogP contribution in [0.2, 0.25) is 0 Å². The van der Waals surface area contributed by atoms with Gasteiger partial charge in [-0.25, -0.2) is 8.78 Å². The molecule has 2 N–H and O–H groups in total. The van der Waals surface area contributed by atoms with Gasteiger partial charge in [-0.15, -0.1) is 0 Å². The van der Waals surface area contributed by atoms with Crippen molar-refractivity contribution in [3.05, 3.63) is 65.2 Å². The van der Waals surface area contributed by atoms with E-state index >= 15 is 0 Å². The lowest BCUT2D eigenvalue weighted by atomic mass is 10.1. The van der Waals surface area contributed by atoms with Crippen LogP contribution >= 0.6 is 0 Å². The Hall–Kier alpha value is -1.94. The summed E-state index contributed by atoms with van der Waals surface area (Å²) in [4.78, 5) is 1.69. The Bertz CT molecular complexity index is 584. The topological polar surface area (TPSA) is 29.3 Å². The molecule has 2 aromatic carbocycles. The van der Waals surface area contributed by atoms with E-state index < -0.39 is 0 Å². The molecule has 2 aromatic rings. The molecule has 0 atom stereocenters. The van der Waals surface area contributed by atoms with Crippen molar-refractivity contribution in [2.24, 2.45) is 5.73 Å². The molecule has 20 heavy (non-hydrogen) atoms. The van der Waals surface area contributed by atoms with Crippen LogP contribution in [0.15, 0.2) is 42.5 Å². The molecule has 4 heteroatoms. The maximum Gasteiger partial charge on any atom is 0.146 e. The summed E-state index contributed by atoms with van der Waals surface area (Å²) in [6, 6.07) is 11.6. The van der Waals surface area contributed by atoms with Crippen molar-refractivity contribution in [2.45, 2.75) is 13.0 Å². The van der Waals surface area contributed by atoms with Crippen molar-refractivity contribution in [1.82, 2.24) is 0 Å². The lowest BCUT2D eigenvalue weighted by Gasteiger charge is -2.20. The Morgan fingerprint density at radius 3 is 2.45 bits per heavy atom. The molecule has 0 heterocycles. The molecule has 2 nitrogen and oxygen atoms in total. The molecular formula is C16H18F2N2. The van der Waals surface area contributed by atoms with Crippen LogP contribution in [0.5, 0.6) is 0 Å². The van der Waals surface area contributed by atoms with Crippen molar-refractivity contribution in [2.75, 3.05) is 18.5 Å². The highest BCUT2D eigenvalue weighted by molar-refractivity contribution is 5.49. The number of rotatable bonds is 5. The fraction of sp³-hybridized carbons (Fsp3) is 0.250. The highest BCUT2D eigenvalue weighted by Gasteiger charge is 2.10. The summed E-state index contributed by atoms with van der Waals surface area (Å²) in [7, 11) is 1.74. The van der Waals surface area contributed by atoms with Gasteiger partial charge in [0.25, 0.3) is 0 Å². The molecule has 0 aliphatic rings. The van der Waals surface area contributed by atoms with Gasteiger partial charge < -0.3 is 10.6 Å². The fourth-order valence-electron chi connectivity index (χ4n) is 2.15. The third kappa shape index (κ3) is 3.33. The number of nitrogens with zero attached hydrogens (tertiary/aromatic N) is 1. The van der Waals surface area contributed by atoms with E-state index in [0.717, 1.165) is 5.56 Å². The van der Waals surface area contributed by atoms with E-state index in [2.05, 4.69) is 0 Å². The van der Waals surface area contributed by atoms with Gasteiger partial charge in [0.1, 0.15) is 11.6 Å². The van der Waals surface area contributed by atoms with Crippen molar-refractivity contribution in [1.29, 1.82) is 0 Å². The van der Waals surface area contributed by atoms with Gasteiger partial charge in [-0.2, -0.15) is 0 Å². The molecule has 0 amide bonds. The summed E-state index contributed by atoms with van der Waals surface area (Å²) in [5.74, 6) is -0.589. The van der Waals surface area contributed by atoms with Gasteiger partial charge in [0.2, 0.25) is 0 Å². The molecule has 0 spiro atoms. The normalized spacial score (nSPS) is 10.6. The molecule has 0 saturated heterocycles. The molecule has 0 unspecified atom stereocenters. The van der Waals surface area contributed by atoms with Crippen LogP contribution in [0.3, 0.4) is 0 Å². The molecule has 0 fully saturated rings.